The Labute approximate surface area is 168 Å². The summed E-state index contributed by atoms with van der Waals surface area (Å²) in [5, 5.41) is 11.7. The maximum atomic E-state index is 13.0. The van der Waals surface area contributed by atoms with Crippen LogP contribution in [0.5, 0.6) is 5.75 Å². The van der Waals surface area contributed by atoms with Gasteiger partial charge in [-0.25, -0.2) is 0 Å². The van der Waals surface area contributed by atoms with E-state index in [0.717, 1.165) is 5.56 Å². The smallest absolute Gasteiger partial charge is 0.247 e. The number of nitrogens with zero attached hydrogens (tertiary/aromatic N) is 3. The van der Waals surface area contributed by atoms with E-state index in [1.807, 2.05) is 49.4 Å². The number of benzene rings is 2. The minimum atomic E-state index is -0.529. The molecule has 0 saturated carbocycles. The van der Waals surface area contributed by atoms with Gasteiger partial charge in [-0.3, -0.25) is 9.36 Å². The van der Waals surface area contributed by atoms with E-state index in [1.165, 1.54) is 11.8 Å². The van der Waals surface area contributed by atoms with Crippen molar-refractivity contribution in [3.8, 4) is 5.75 Å². The Balaban J connectivity index is 1.80. The predicted molar refractivity (Wildman–Crippen MR) is 111 cm³/mol. The second-order valence-corrected chi connectivity index (χ2v) is 7.04. The number of anilines is 2. The van der Waals surface area contributed by atoms with E-state index >= 15 is 0 Å². The number of nitrogen functional groups attached to an aromatic ring is 1. The van der Waals surface area contributed by atoms with Gasteiger partial charge in [0.1, 0.15) is 11.8 Å². The molecule has 7 nitrogen and oxygen atoms in total. The second-order valence-electron chi connectivity index (χ2n) is 6.10. The first kappa shape index (κ1) is 19.8. The first-order valence-electron chi connectivity index (χ1n) is 8.95. The van der Waals surface area contributed by atoms with E-state index in [9.17, 15) is 4.79 Å². The van der Waals surface area contributed by atoms with Crippen molar-refractivity contribution in [2.75, 3.05) is 18.2 Å². The summed E-state index contributed by atoms with van der Waals surface area (Å²) < 4.78 is 7.00. The van der Waals surface area contributed by atoms with Crippen LogP contribution in [0.3, 0.4) is 0 Å². The van der Waals surface area contributed by atoms with Crippen LogP contribution < -0.4 is 15.8 Å². The highest BCUT2D eigenvalue weighted by atomic mass is 32.2. The lowest BCUT2D eigenvalue weighted by atomic mass is 10.2. The lowest BCUT2D eigenvalue weighted by Crippen LogP contribution is -2.27. The van der Waals surface area contributed by atoms with Gasteiger partial charge in [0.15, 0.2) is 5.16 Å². The molecule has 0 radical (unpaired) electrons. The average Bonchev–Trinajstić information content (AvgIpc) is 3.08. The van der Waals surface area contributed by atoms with E-state index in [0.29, 0.717) is 28.8 Å². The fourth-order valence-electron chi connectivity index (χ4n) is 2.85. The maximum absolute atomic E-state index is 13.0. The van der Waals surface area contributed by atoms with Gasteiger partial charge in [0.2, 0.25) is 11.9 Å². The Morgan fingerprint density at radius 2 is 1.89 bits per heavy atom. The molecule has 8 heteroatoms. The van der Waals surface area contributed by atoms with Crippen molar-refractivity contribution in [1.29, 1.82) is 0 Å². The number of hydrogen-bond acceptors (Lipinski definition) is 6. The molecule has 3 N–H and O–H groups in total. The zero-order valence-electron chi connectivity index (χ0n) is 15.8. The molecule has 0 aliphatic rings. The molecule has 0 saturated heterocycles. The number of amides is 1. The zero-order valence-corrected chi connectivity index (χ0v) is 16.6. The van der Waals surface area contributed by atoms with Crippen LogP contribution in [-0.2, 0) is 10.5 Å². The predicted octanol–water partition coefficient (Wildman–Crippen LogP) is 3.75. The van der Waals surface area contributed by atoms with Crippen molar-refractivity contribution in [3.05, 3.63) is 60.2 Å². The number of hydrogen-bond donors (Lipinski definition) is 2. The van der Waals surface area contributed by atoms with Crippen LogP contribution in [0.15, 0.2) is 59.8 Å². The molecular weight excluding hydrogens is 374 g/mol. The zero-order chi connectivity index (χ0) is 19.9. The van der Waals surface area contributed by atoms with Gasteiger partial charge in [0, 0.05) is 5.75 Å². The first-order chi connectivity index (χ1) is 13.6. The van der Waals surface area contributed by atoms with Gasteiger partial charge < -0.3 is 15.8 Å². The van der Waals surface area contributed by atoms with E-state index in [-0.39, 0.29) is 11.9 Å². The number of rotatable bonds is 8. The number of nitrogens with two attached hydrogens (primary N) is 1. The average molecular weight is 398 g/mol. The summed E-state index contributed by atoms with van der Waals surface area (Å²) >= 11 is 1.50. The molecule has 1 atom stereocenters. The highest BCUT2D eigenvalue weighted by molar-refractivity contribution is 7.98. The number of carbonyl (C=O) groups is 1. The minimum absolute atomic E-state index is 0.194. The van der Waals surface area contributed by atoms with Crippen molar-refractivity contribution in [2.24, 2.45) is 0 Å². The van der Waals surface area contributed by atoms with E-state index < -0.39 is 6.04 Å². The van der Waals surface area contributed by atoms with E-state index in [1.54, 1.807) is 23.8 Å². The van der Waals surface area contributed by atoms with Crippen molar-refractivity contribution in [2.45, 2.75) is 30.3 Å². The summed E-state index contributed by atoms with van der Waals surface area (Å²) in [6.45, 7) is 1.93. The van der Waals surface area contributed by atoms with Gasteiger partial charge in [-0.2, -0.15) is 0 Å². The van der Waals surface area contributed by atoms with Crippen LogP contribution in [-0.4, -0.2) is 27.8 Å². The van der Waals surface area contributed by atoms with Gasteiger partial charge in [-0.05, 0) is 24.1 Å². The molecule has 1 aromatic heterocycles. The van der Waals surface area contributed by atoms with Crippen LogP contribution in [0.2, 0.25) is 0 Å². The molecular formula is C20H23N5O2S. The quantitative estimate of drug-likeness (QED) is 0.562. The fraction of sp³-hybridized carbons (Fsp3) is 0.250. The summed E-state index contributed by atoms with van der Waals surface area (Å²) in [6, 6.07) is 16.8. The van der Waals surface area contributed by atoms with Crippen molar-refractivity contribution in [1.82, 2.24) is 14.8 Å². The van der Waals surface area contributed by atoms with Crippen LogP contribution in [0, 0.1) is 0 Å². The molecule has 3 aromatic rings. The Bertz CT molecular complexity index is 929. The maximum Gasteiger partial charge on any atom is 0.247 e. The normalized spacial score (nSPS) is 11.8. The van der Waals surface area contributed by atoms with Crippen molar-refractivity contribution >= 4 is 29.3 Å². The van der Waals surface area contributed by atoms with Gasteiger partial charge >= 0.3 is 0 Å². The minimum Gasteiger partial charge on any atom is -0.495 e. The summed E-state index contributed by atoms with van der Waals surface area (Å²) in [6.07, 6.45) is 0.544. The van der Waals surface area contributed by atoms with Crippen molar-refractivity contribution < 1.29 is 9.53 Å². The highest BCUT2D eigenvalue weighted by Gasteiger charge is 2.25. The molecule has 3 rings (SSSR count). The highest BCUT2D eigenvalue weighted by Crippen LogP contribution is 2.29. The molecule has 0 fully saturated rings. The van der Waals surface area contributed by atoms with Crippen LogP contribution in [0.25, 0.3) is 0 Å². The Morgan fingerprint density at radius 1 is 1.18 bits per heavy atom. The molecule has 0 aliphatic heterocycles. The fourth-order valence-corrected chi connectivity index (χ4v) is 3.80. The van der Waals surface area contributed by atoms with Gasteiger partial charge in [-0.1, -0.05) is 61.2 Å². The van der Waals surface area contributed by atoms with Crippen LogP contribution in [0.4, 0.5) is 11.6 Å². The number of ether oxygens (including phenoxy) is 1. The number of carbonyl (C=O) groups excluding carboxylic acids is 1. The largest absolute Gasteiger partial charge is 0.495 e. The Kier molecular flexibility index (Phi) is 6.54. The Hall–Kier alpha value is -3.00. The molecule has 0 unspecified atom stereocenters. The lowest BCUT2D eigenvalue weighted by molar-refractivity contribution is -0.119. The Morgan fingerprint density at radius 3 is 2.61 bits per heavy atom. The first-order valence-corrected chi connectivity index (χ1v) is 9.93. The molecule has 0 aliphatic carbocycles. The van der Waals surface area contributed by atoms with Gasteiger partial charge in [0.25, 0.3) is 0 Å². The second kappa shape index (κ2) is 9.27. The third kappa shape index (κ3) is 4.45. The van der Waals surface area contributed by atoms with Crippen LogP contribution >= 0.6 is 11.8 Å². The van der Waals surface area contributed by atoms with Crippen LogP contribution in [0.1, 0.15) is 24.9 Å². The molecule has 28 heavy (non-hydrogen) atoms. The summed E-state index contributed by atoms with van der Waals surface area (Å²) in [5.41, 5.74) is 7.81. The molecule has 1 amide bonds. The van der Waals surface area contributed by atoms with Crippen molar-refractivity contribution in [3.63, 3.8) is 0 Å². The number of para-hydroxylation sites is 2. The standard InChI is InChI=1S/C20H23N5O2S/c1-3-16(18(26)22-15-11-7-8-12-17(15)27-2)25-19(21)23-24-20(25)28-13-14-9-5-4-6-10-14/h4-12,16H,3,13H2,1-2H3,(H2,21,23)(H,22,26)/t16-/m1/s1. The molecule has 1 heterocycles. The third-order valence-corrected chi connectivity index (χ3v) is 5.28. The molecule has 146 valence electrons. The van der Waals surface area contributed by atoms with Gasteiger partial charge in [-0.15, -0.1) is 10.2 Å². The monoisotopic (exact) mass is 397 g/mol. The number of aromatic nitrogens is 3. The topological polar surface area (TPSA) is 95.1 Å². The number of methoxy groups -OCH3 is 1. The molecule has 0 spiro atoms. The molecule has 0 bridgehead atoms. The molecule has 2 aromatic carbocycles. The van der Waals surface area contributed by atoms with E-state index in [2.05, 4.69) is 15.5 Å². The number of thioether (sulfide) groups is 1. The van der Waals surface area contributed by atoms with Gasteiger partial charge in [0.05, 0.1) is 12.8 Å². The lowest BCUT2D eigenvalue weighted by Gasteiger charge is -2.19. The van der Waals surface area contributed by atoms with E-state index in [4.69, 9.17) is 10.5 Å². The summed E-state index contributed by atoms with van der Waals surface area (Å²) in [4.78, 5) is 13.0. The SMILES string of the molecule is CC[C@H](C(=O)Nc1ccccc1OC)n1c(N)nnc1SCc1ccccc1. The third-order valence-electron chi connectivity index (χ3n) is 4.27. The summed E-state index contributed by atoms with van der Waals surface area (Å²) in [5.74, 6) is 1.34. The summed E-state index contributed by atoms with van der Waals surface area (Å²) in [7, 11) is 1.57. The number of nitrogens with one attached hydrogen (secondary N) is 1.